The van der Waals surface area contributed by atoms with E-state index in [1.165, 1.54) is 23.1 Å². The summed E-state index contributed by atoms with van der Waals surface area (Å²) in [4.78, 5) is 27.0. The Morgan fingerprint density at radius 3 is 2.42 bits per heavy atom. The highest BCUT2D eigenvalue weighted by Crippen LogP contribution is 2.45. The zero-order valence-corrected chi connectivity index (χ0v) is 23.6. The summed E-state index contributed by atoms with van der Waals surface area (Å²) in [6, 6.07) is 6.73. The maximum absolute atomic E-state index is 13.8. The van der Waals surface area contributed by atoms with Crippen LogP contribution in [0.1, 0.15) is 47.9 Å². The third-order valence-corrected chi connectivity index (χ3v) is 9.46. The van der Waals surface area contributed by atoms with Crippen LogP contribution in [0.25, 0.3) is 28.0 Å². The van der Waals surface area contributed by atoms with Crippen molar-refractivity contribution in [2.75, 3.05) is 12.0 Å². The van der Waals surface area contributed by atoms with E-state index in [-0.39, 0.29) is 40.4 Å². The predicted molar refractivity (Wildman–Crippen MR) is 150 cm³/mol. The number of amides is 1. The number of hydrogen-bond donors (Lipinski definition) is 2. The Morgan fingerprint density at radius 2 is 1.79 bits per heavy atom. The molecular weight excluding hydrogens is 580 g/mol. The van der Waals surface area contributed by atoms with Crippen LogP contribution in [-0.4, -0.2) is 72.3 Å². The number of carbonyl (C=O) groups excluding carboxylic acids is 1. The number of nitrogens with two attached hydrogens (primary N) is 1. The topological polar surface area (TPSA) is 165 Å². The van der Waals surface area contributed by atoms with Gasteiger partial charge in [0, 0.05) is 47.1 Å². The second-order valence-electron chi connectivity index (χ2n) is 10.9. The number of aromatic nitrogens is 7. The number of nitrogen functional groups attached to an aromatic ring is 1. The third kappa shape index (κ3) is 4.50. The number of fused-ring (bicyclic) bond motifs is 3. The lowest BCUT2D eigenvalue weighted by Crippen LogP contribution is -2.46. The van der Waals surface area contributed by atoms with Crippen LogP contribution in [0.4, 0.5) is 14.6 Å². The number of sulfone groups is 1. The van der Waals surface area contributed by atoms with E-state index >= 15 is 0 Å². The zero-order valence-electron chi connectivity index (χ0n) is 22.8. The van der Waals surface area contributed by atoms with E-state index in [2.05, 4.69) is 25.3 Å². The number of nitrogens with one attached hydrogen (secondary N) is 1. The van der Waals surface area contributed by atoms with Gasteiger partial charge in [0.25, 0.3) is 5.91 Å². The molecule has 2 saturated heterocycles. The van der Waals surface area contributed by atoms with E-state index in [1.54, 1.807) is 18.3 Å². The van der Waals surface area contributed by atoms with Gasteiger partial charge in [-0.05, 0) is 49.9 Å². The fourth-order valence-electron chi connectivity index (χ4n) is 6.42. The molecule has 43 heavy (non-hydrogen) atoms. The summed E-state index contributed by atoms with van der Waals surface area (Å²) >= 11 is 0. The van der Waals surface area contributed by atoms with Gasteiger partial charge in [-0.25, -0.2) is 22.2 Å². The summed E-state index contributed by atoms with van der Waals surface area (Å²) in [5, 5.41) is 11.9. The van der Waals surface area contributed by atoms with Gasteiger partial charge in [0.1, 0.15) is 17.0 Å². The number of anilines is 1. The first-order valence-corrected chi connectivity index (χ1v) is 15.5. The first-order valence-electron chi connectivity index (χ1n) is 13.6. The molecule has 3 N–H and O–H groups in total. The Hall–Kier alpha value is -4.79. The zero-order chi connectivity index (χ0) is 30.0. The molecule has 0 spiro atoms. The lowest BCUT2D eigenvalue weighted by atomic mass is 9.87. The average Bonchev–Trinajstić information content (AvgIpc) is 3.72. The average molecular weight is 606 g/mol. The number of nitrogens with zero attached hydrogens (tertiary/aromatic N) is 7. The number of pyridine rings is 1. The fourth-order valence-corrected chi connectivity index (χ4v) is 7.48. The maximum atomic E-state index is 13.8. The van der Waals surface area contributed by atoms with Gasteiger partial charge in [0.15, 0.2) is 27.1 Å². The molecule has 2 bridgehead atoms. The minimum absolute atomic E-state index is 0.0485. The molecule has 4 aromatic heterocycles. The van der Waals surface area contributed by atoms with E-state index in [1.807, 2.05) is 4.90 Å². The molecule has 0 unspecified atom stereocenters. The summed E-state index contributed by atoms with van der Waals surface area (Å²) in [7, 11) is -3.80. The van der Waals surface area contributed by atoms with Crippen LogP contribution < -0.4 is 5.73 Å². The number of halogens is 2. The van der Waals surface area contributed by atoms with Gasteiger partial charge in [-0.3, -0.25) is 9.78 Å². The van der Waals surface area contributed by atoms with Crippen LogP contribution in [0, 0.1) is 11.6 Å². The number of H-pyrrole nitrogens is 1. The molecule has 2 fully saturated rings. The van der Waals surface area contributed by atoms with E-state index in [0.29, 0.717) is 46.6 Å². The second-order valence-corrected chi connectivity index (χ2v) is 12.9. The first-order chi connectivity index (χ1) is 20.6. The van der Waals surface area contributed by atoms with Crippen molar-refractivity contribution in [3.05, 3.63) is 72.2 Å². The normalized spacial score (nSPS) is 20.2. The Bertz CT molecular complexity index is 1980. The van der Waals surface area contributed by atoms with E-state index in [0.717, 1.165) is 31.2 Å². The largest absolute Gasteiger partial charge is 0.382 e. The number of benzene rings is 1. The molecule has 12 nitrogen and oxygen atoms in total. The maximum Gasteiger partial charge on any atom is 0.292 e. The fraction of sp³-hybridized carbons (Fsp3) is 0.286. The standard InChI is InChI=1S/C28H25F2N9O3S/c1-43(41,42)24-23(16-8-17-4-5-18(9-16)38(17)28(40)26-33-13-34-37-26)36-27-19(12-35-39(27)25(24)31)15-3-7-22(32-11-15)14-2-6-20(29)21(30)10-14/h2-3,6-7,10-13,16-18H,4-5,8-9,31H2,1H3,(H,33,34,37)/t16-,17-,18+. The summed E-state index contributed by atoms with van der Waals surface area (Å²) in [6.45, 7) is 0. The van der Waals surface area contributed by atoms with Gasteiger partial charge in [-0.1, -0.05) is 6.07 Å². The van der Waals surface area contributed by atoms with Crippen molar-refractivity contribution in [2.24, 2.45) is 0 Å². The quantitative estimate of drug-likeness (QED) is 0.305. The number of aromatic amines is 1. The molecule has 15 heteroatoms. The van der Waals surface area contributed by atoms with Gasteiger partial charge in [-0.15, -0.1) is 10.2 Å². The van der Waals surface area contributed by atoms with Crippen LogP contribution in [0.5, 0.6) is 0 Å². The van der Waals surface area contributed by atoms with Crippen LogP contribution in [0.15, 0.2) is 53.9 Å². The van der Waals surface area contributed by atoms with E-state index < -0.39 is 21.5 Å². The third-order valence-electron chi connectivity index (χ3n) is 8.30. The van der Waals surface area contributed by atoms with Gasteiger partial charge in [-0.2, -0.15) is 9.61 Å². The Labute approximate surface area is 243 Å². The number of carbonyl (C=O) groups is 1. The summed E-state index contributed by atoms with van der Waals surface area (Å²) in [6.07, 6.45) is 8.12. The van der Waals surface area contributed by atoms with Gasteiger partial charge >= 0.3 is 0 Å². The van der Waals surface area contributed by atoms with Crippen molar-refractivity contribution in [1.82, 2.24) is 39.7 Å². The SMILES string of the molecule is CS(=O)(=O)c1c([C@@H]2C[C@H]3CC[C@@H](C2)N3C(=O)c2nnc[nH]2)nc2c(-c3ccc(-c4ccc(F)c(F)c4)nc3)cnn2c1N. The van der Waals surface area contributed by atoms with Gasteiger partial charge in [0.2, 0.25) is 5.82 Å². The summed E-state index contributed by atoms with van der Waals surface area (Å²) in [5.74, 6) is -2.30. The second kappa shape index (κ2) is 9.90. The first kappa shape index (κ1) is 27.1. The van der Waals surface area contributed by atoms with Crippen molar-refractivity contribution >= 4 is 27.2 Å². The highest BCUT2D eigenvalue weighted by atomic mass is 32.2. The molecule has 1 aromatic carbocycles. The lowest BCUT2D eigenvalue weighted by molar-refractivity contribution is 0.0556. The molecule has 2 aliphatic rings. The Morgan fingerprint density at radius 1 is 1.05 bits per heavy atom. The van der Waals surface area contributed by atoms with Gasteiger partial charge in [0.05, 0.1) is 17.6 Å². The van der Waals surface area contributed by atoms with Crippen LogP contribution in [-0.2, 0) is 9.84 Å². The molecule has 0 aliphatic carbocycles. The molecule has 5 aromatic rings. The minimum atomic E-state index is -3.80. The van der Waals surface area contributed by atoms with Crippen LogP contribution in [0.2, 0.25) is 0 Å². The van der Waals surface area contributed by atoms with Crippen molar-refractivity contribution < 1.29 is 22.0 Å². The smallest absolute Gasteiger partial charge is 0.292 e. The van der Waals surface area contributed by atoms with E-state index in [4.69, 9.17) is 10.7 Å². The molecule has 220 valence electrons. The van der Waals surface area contributed by atoms with Gasteiger partial charge < -0.3 is 15.6 Å². The molecule has 6 heterocycles. The van der Waals surface area contributed by atoms with Crippen LogP contribution in [0.3, 0.4) is 0 Å². The molecule has 2 aliphatic heterocycles. The molecule has 0 saturated carbocycles. The Balaban J connectivity index is 1.27. The highest BCUT2D eigenvalue weighted by molar-refractivity contribution is 7.91. The number of piperidine rings is 1. The summed E-state index contributed by atoms with van der Waals surface area (Å²) < 4.78 is 54.6. The van der Waals surface area contributed by atoms with Crippen LogP contribution >= 0.6 is 0 Å². The van der Waals surface area contributed by atoms with E-state index in [9.17, 15) is 22.0 Å². The number of rotatable bonds is 5. The molecule has 0 radical (unpaired) electrons. The Kier molecular flexibility index (Phi) is 6.23. The molecule has 7 rings (SSSR count). The monoisotopic (exact) mass is 605 g/mol. The number of hydrogen-bond acceptors (Lipinski definition) is 9. The molecule has 3 atom stereocenters. The highest BCUT2D eigenvalue weighted by Gasteiger charge is 2.46. The summed E-state index contributed by atoms with van der Waals surface area (Å²) in [5.41, 5.74) is 9.22. The van der Waals surface area contributed by atoms with Crippen molar-refractivity contribution in [3.8, 4) is 22.4 Å². The lowest BCUT2D eigenvalue weighted by Gasteiger charge is -2.38. The van der Waals surface area contributed by atoms with Crippen molar-refractivity contribution in [1.29, 1.82) is 0 Å². The predicted octanol–water partition coefficient (Wildman–Crippen LogP) is 3.39. The molecule has 1 amide bonds. The van der Waals surface area contributed by atoms with Crippen molar-refractivity contribution in [3.63, 3.8) is 0 Å². The molecular formula is C28H25F2N9O3S. The van der Waals surface area contributed by atoms with Crippen molar-refractivity contribution in [2.45, 2.75) is 48.6 Å². The minimum Gasteiger partial charge on any atom is -0.382 e.